The number of rotatable bonds is 9. The van der Waals surface area contributed by atoms with Crippen molar-refractivity contribution in [3.8, 4) is 0 Å². The molecule has 0 atom stereocenters. The lowest BCUT2D eigenvalue weighted by Gasteiger charge is -2.27. The molecule has 0 saturated carbocycles. The minimum Gasteiger partial charge on any atom is -0.478 e. The van der Waals surface area contributed by atoms with Crippen molar-refractivity contribution in [2.45, 2.75) is 53.4 Å². The van der Waals surface area contributed by atoms with Gasteiger partial charge in [-0.25, -0.2) is 9.78 Å². The molecule has 0 aliphatic heterocycles. The fraction of sp³-hybridized carbons (Fsp3) is 0.647. The first-order chi connectivity index (χ1) is 10.0. The minimum atomic E-state index is -0.880. The lowest BCUT2D eigenvalue weighted by Crippen LogP contribution is -2.30. The van der Waals surface area contributed by atoms with E-state index in [9.17, 15) is 9.90 Å². The van der Waals surface area contributed by atoms with Crippen LogP contribution in [-0.4, -0.2) is 29.1 Å². The van der Waals surface area contributed by atoms with E-state index in [0.29, 0.717) is 11.5 Å². The highest BCUT2D eigenvalue weighted by molar-refractivity contribution is 5.88. The molecule has 0 saturated heterocycles. The first-order valence-corrected chi connectivity index (χ1v) is 8.04. The molecule has 1 heterocycles. The van der Waals surface area contributed by atoms with Crippen LogP contribution in [0.4, 0.5) is 5.82 Å². The van der Waals surface area contributed by atoms with Crippen molar-refractivity contribution in [1.82, 2.24) is 4.98 Å². The molecule has 1 N–H and O–H groups in total. The number of carbonyl (C=O) groups is 1. The fourth-order valence-electron chi connectivity index (χ4n) is 2.48. The predicted molar refractivity (Wildman–Crippen MR) is 87.2 cm³/mol. The lowest BCUT2D eigenvalue weighted by atomic mass is 10.0. The number of carboxylic acids is 1. The van der Waals surface area contributed by atoms with E-state index in [2.05, 4.69) is 37.6 Å². The zero-order valence-corrected chi connectivity index (χ0v) is 13.7. The molecule has 1 aromatic rings. The van der Waals surface area contributed by atoms with Crippen LogP contribution < -0.4 is 4.90 Å². The summed E-state index contributed by atoms with van der Waals surface area (Å²) in [6.07, 6.45) is 4.05. The van der Waals surface area contributed by atoms with Gasteiger partial charge in [-0.3, -0.25) is 0 Å². The van der Waals surface area contributed by atoms with Crippen LogP contribution in [0.2, 0.25) is 0 Å². The topological polar surface area (TPSA) is 53.4 Å². The Balaban J connectivity index is 3.09. The number of hydrogen-bond acceptors (Lipinski definition) is 3. The van der Waals surface area contributed by atoms with Gasteiger partial charge in [-0.15, -0.1) is 0 Å². The summed E-state index contributed by atoms with van der Waals surface area (Å²) < 4.78 is 0. The first kappa shape index (κ1) is 17.5. The van der Waals surface area contributed by atoms with Crippen molar-refractivity contribution in [2.24, 2.45) is 5.92 Å². The molecule has 1 aromatic heterocycles. The zero-order chi connectivity index (χ0) is 15.8. The third kappa shape index (κ3) is 5.03. The molecule has 0 spiro atoms. The smallest absolute Gasteiger partial charge is 0.335 e. The van der Waals surface area contributed by atoms with E-state index in [4.69, 9.17) is 0 Å². The van der Waals surface area contributed by atoms with Crippen LogP contribution in [0.15, 0.2) is 12.1 Å². The Morgan fingerprint density at radius 1 is 1.24 bits per heavy atom. The molecule has 0 fully saturated rings. The minimum absolute atomic E-state index is 0.339. The molecule has 0 aliphatic rings. The van der Waals surface area contributed by atoms with Crippen LogP contribution in [0, 0.1) is 5.92 Å². The number of nitrogens with zero attached hydrogens (tertiary/aromatic N) is 2. The molecule has 4 heteroatoms. The summed E-state index contributed by atoms with van der Waals surface area (Å²) >= 11 is 0. The van der Waals surface area contributed by atoms with Crippen LogP contribution in [0.1, 0.15) is 63.0 Å². The number of hydrogen-bond donors (Lipinski definition) is 1. The number of aryl methyl sites for hydroxylation is 1. The Bertz CT molecular complexity index is 456. The predicted octanol–water partition coefficient (Wildman–Crippen LogP) is 3.99. The molecule has 0 amide bonds. The normalized spacial score (nSPS) is 10.9. The summed E-state index contributed by atoms with van der Waals surface area (Å²) in [4.78, 5) is 18.2. The highest BCUT2D eigenvalue weighted by atomic mass is 16.4. The van der Waals surface area contributed by atoms with E-state index >= 15 is 0 Å². The third-order valence-corrected chi connectivity index (χ3v) is 3.96. The molecule has 0 aliphatic carbocycles. The quantitative estimate of drug-likeness (QED) is 0.747. The molecule has 1 rings (SSSR count). The molecule has 0 radical (unpaired) electrons. The van der Waals surface area contributed by atoms with Crippen LogP contribution in [0.5, 0.6) is 0 Å². The Morgan fingerprint density at radius 3 is 2.38 bits per heavy atom. The summed E-state index contributed by atoms with van der Waals surface area (Å²) in [6, 6.07) is 3.40. The third-order valence-electron chi connectivity index (χ3n) is 3.96. The van der Waals surface area contributed by atoms with Crippen molar-refractivity contribution in [1.29, 1.82) is 0 Å². The number of carboxylic acid groups (broad SMARTS) is 1. The summed E-state index contributed by atoms with van der Waals surface area (Å²) in [5.74, 6) is 0.539. The first-order valence-electron chi connectivity index (χ1n) is 8.04. The van der Waals surface area contributed by atoms with E-state index in [0.717, 1.165) is 50.3 Å². The monoisotopic (exact) mass is 292 g/mol. The standard InChI is InChI=1S/C17H28N2O2/c1-5-9-15-10-14(17(20)21)11-16(18-15)19(8-4)12-13(6-2)7-3/h10-11,13H,5-9,12H2,1-4H3,(H,20,21). The molecule has 0 aromatic carbocycles. The van der Waals surface area contributed by atoms with Crippen molar-refractivity contribution in [3.05, 3.63) is 23.4 Å². The molecule has 0 unspecified atom stereocenters. The summed E-state index contributed by atoms with van der Waals surface area (Å²) in [5.41, 5.74) is 1.21. The summed E-state index contributed by atoms with van der Waals surface area (Å²) in [6.45, 7) is 10.4. The van der Waals surface area contributed by atoms with Crippen LogP contribution >= 0.6 is 0 Å². The second-order valence-electron chi connectivity index (χ2n) is 5.48. The fourth-order valence-corrected chi connectivity index (χ4v) is 2.48. The molecule has 4 nitrogen and oxygen atoms in total. The van der Waals surface area contributed by atoms with Gasteiger partial charge in [0.05, 0.1) is 5.56 Å². The Hall–Kier alpha value is -1.58. The molecule has 0 bridgehead atoms. The van der Waals surface area contributed by atoms with Gasteiger partial charge in [0, 0.05) is 18.8 Å². The summed E-state index contributed by atoms with van der Waals surface area (Å²) in [5, 5.41) is 9.28. The van der Waals surface area contributed by atoms with E-state index < -0.39 is 5.97 Å². The molecular weight excluding hydrogens is 264 g/mol. The maximum atomic E-state index is 11.3. The Labute approximate surface area is 128 Å². The second kappa shape index (κ2) is 8.65. The van der Waals surface area contributed by atoms with Gasteiger partial charge >= 0.3 is 5.97 Å². The SMILES string of the molecule is CCCc1cc(C(=O)O)cc(N(CC)CC(CC)CC)n1. The van der Waals surface area contributed by atoms with Gasteiger partial charge < -0.3 is 10.0 Å². The van der Waals surface area contributed by atoms with Gasteiger partial charge in [-0.1, -0.05) is 40.0 Å². The largest absolute Gasteiger partial charge is 0.478 e. The van der Waals surface area contributed by atoms with Gasteiger partial charge in [-0.2, -0.15) is 0 Å². The molecule has 21 heavy (non-hydrogen) atoms. The molecular formula is C17H28N2O2. The van der Waals surface area contributed by atoms with Gasteiger partial charge in [0.2, 0.25) is 0 Å². The average molecular weight is 292 g/mol. The van der Waals surface area contributed by atoms with E-state index in [1.807, 2.05) is 0 Å². The van der Waals surface area contributed by atoms with Crippen molar-refractivity contribution in [3.63, 3.8) is 0 Å². The maximum Gasteiger partial charge on any atom is 0.335 e. The highest BCUT2D eigenvalue weighted by Gasteiger charge is 2.15. The average Bonchev–Trinajstić information content (AvgIpc) is 2.48. The summed E-state index contributed by atoms with van der Waals surface area (Å²) in [7, 11) is 0. The Kier molecular flexibility index (Phi) is 7.20. The molecule has 118 valence electrons. The van der Waals surface area contributed by atoms with Gasteiger partial charge in [0.1, 0.15) is 5.82 Å². The van der Waals surface area contributed by atoms with Crippen LogP contribution in [0.25, 0.3) is 0 Å². The van der Waals surface area contributed by atoms with E-state index in [1.165, 1.54) is 0 Å². The zero-order valence-electron chi connectivity index (χ0n) is 13.7. The van der Waals surface area contributed by atoms with Crippen molar-refractivity contribution >= 4 is 11.8 Å². The highest BCUT2D eigenvalue weighted by Crippen LogP contribution is 2.19. The Morgan fingerprint density at radius 2 is 1.90 bits per heavy atom. The van der Waals surface area contributed by atoms with Gasteiger partial charge in [0.15, 0.2) is 0 Å². The van der Waals surface area contributed by atoms with Crippen molar-refractivity contribution in [2.75, 3.05) is 18.0 Å². The number of anilines is 1. The van der Waals surface area contributed by atoms with Crippen LogP contribution in [0.3, 0.4) is 0 Å². The maximum absolute atomic E-state index is 11.3. The van der Waals surface area contributed by atoms with Crippen LogP contribution in [-0.2, 0) is 6.42 Å². The lowest BCUT2D eigenvalue weighted by molar-refractivity contribution is 0.0696. The van der Waals surface area contributed by atoms with E-state index in [1.54, 1.807) is 12.1 Å². The van der Waals surface area contributed by atoms with Gasteiger partial charge in [-0.05, 0) is 31.4 Å². The van der Waals surface area contributed by atoms with E-state index in [-0.39, 0.29) is 0 Å². The number of aromatic nitrogens is 1. The second-order valence-corrected chi connectivity index (χ2v) is 5.48. The number of aromatic carboxylic acids is 1. The van der Waals surface area contributed by atoms with Gasteiger partial charge in [0.25, 0.3) is 0 Å². The van der Waals surface area contributed by atoms with Crippen molar-refractivity contribution < 1.29 is 9.90 Å². The number of pyridine rings is 1.